The second-order valence-electron chi connectivity index (χ2n) is 8.62. The molecule has 7 heteroatoms. The molecule has 4 rings (SSSR count). The van der Waals surface area contributed by atoms with Crippen LogP contribution in [0, 0.1) is 13.8 Å². The summed E-state index contributed by atoms with van der Waals surface area (Å²) in [5, 5.41) is 6.24. The summed E-state index contributed by atoms with van der Waals surface area (Å²) in [6.45, 7) is 6.91. The average molecular weight is 477 g/mol. The van der Waals surface area contributed by atoms with E-state index in [2.05, 4.69) is 21.6 Å². The molecule has 1 fully saturated rings. The molecule has 2 N–H and O–H groups in total. The van der Waals surface area contributed by atoms with Gasteiger partial charge in [-0.1, -0.05) is 47.5 Å². The lowest BCUT2D eigenvalue weighted by Crippen LogP contribution is -2.49. The molecule has 3 aromatic carbocycles. The first-order valence-electron chi connectivity index (χ1n) is 11.4. The lowest BCUT2D eigenvalue weighted by molar-refractivity contribution is -0.130. The van der Waals surface area contributed by atoms with Gasteiger partial charge < -0.3 is 20.4 Å². The van der Waals surface area contributed by atoms with Crippen LogP contribution in [0.5, 0.6) is 0 Å². The number of nitrogens with one attached hydrogen (secondary N) is 2. The molecule has 1 aliphatic rings. The summed E-state index contributed by atoms with van der Waals surface area (Å²) >= 11 is 6.12. The Labute approximate surface area is 205 Å². The van der Waals surface area contributed by atoms with Crippen molar-refractivity contribution in [3.05, 3.63) is 88.4 Å². The van der Waals surface area contributed by atoms with E-state index in [1.54, 1.807) is 6.07 Å². The summed E-state index contributed by atoms with van der Waals surface area (Å²) in [5.74, 6) is 0.172. The topological polar surface area (TPSA) is 64.7 Å². The summed E-state index contributed by atoms with van der Waals surface area (Å²) in [6, 6.07) is 20.9. The Balaban J connectivity index is 1.26. The van der Waals surface area contributed by atoms with Crippen LogP contribution in [0.2, 0.25) is 5.02 Å². The molecule has 3 amide bonds. The Kier molecular flexibility index (Phi) is 7.38. The van der Waals surface area contributed by atoms with E-state index >= 15 is 0 Å². The van der Waals surface area contributed by atoms with E-state index in [-0.39, 0.29) is 11.9 Å². The largest absolute Gasteiger partial charge is 0.368 e. The summed E-state index contributed by atoms with van der Waals surface area (Å²) in [5.41, 5.74) is 5.60. The fourth-order valence-corrected chi connectivity index (χ4v) is 4.22. The molecular formula is C27H29ClN4O2. The van der Waals surface area contributed by atoms with Crippen molar-refractivity contribution in [1.82, 2.24) is 4.90 Å². The van der Waals surface area contributed by atoms with Crippen molar-refractivity contribution in [3.8, 4) is 0 Å². The maximum Gasteiger partial charge on any atom is 0.323 e. The van der Waals surface area contributed by atoms with Crippen molar-refractivity contribution >= 4 is 40.6 Å². The van der Waals surface area contributed by atoms with Gasteiger partial charge in [0.2, 0.25) is 5.91 Å². The second-order valence-corrected chi connectivity index (χ2v) is 9.03. The molecule has 1 saturated heterocycles. The number of anilines is 3. The SMILES string of the molecule is Cc1cccc(CC(=O)N2CCN(c3ccc(NC(=O)Nc4ccc(C)c(Cl)c4)cc3)CC2)c1. The molecule has 0 aliphatic carbocycles. The Morgan fingerprint density at radius 3 is 2.21 bits per heavy atom. The quantitative estimate of drug-likeness (QED) is 0.511. The highest BCUT2D eigenvalue weighted by Crippen LogP contribution is 2.22. The van der Waals surface area contributed by atoms with Crippen LogP contribution >= 0.6 is 11.6 Å². The predicted octanol–water partition coefficient (Wildman–Crippen LogP) is 5.49. The molecule has 0 radical (unpaired) electrons. The first kappa shape index (κ1) is 23.6. The second kappa shape index (κ2) is 10.6. The minimum atomic E-state index is -0.326. The van der Waals surface area contributed by atoms with Gasteiger partial charge in [-0.2, -0.15) is 0 Å². The number of urea groups is 1. The number of carbonyl (C=O) groups is 2. The normalized spacial score (nSPS) is 13.5. The number of carbonyl (C=O) groups excluding carboxylic acids is 2. The third-order valence-corrected chi connectivity index (χ3v) is 6.40. The molecule has 0 spiro atoms. The first-order valence-corrected chi connectivity index (χ1v) is 11.8. The van der Waals surface area contributed by atoms with E-state index in [4.69, 9.17) is 11.6 Å². The van der Waals surface area contributed by atoms with E-state index in [0.717, 1.165) is 29.9 Å². The molecule has 6 nitrogen and oxygen atoms in total. The van der Waals surface area contributed by atoms with Crippen molar-refractivity contribution < 1.29 is 9.59 Å². The van der Waals surface area contributed by atoms with Gasteiger partial charge in [0.05, 0.1) is 6.42 Å². The Morgan fingerprint density at radius 2 is 1.53 bits per heavy atom. The molecule has 0 saturated carbocycles. The number of amides is 3. The number of benzene rings is 3. The number of rotatable bonds is 5. The first-order chi connectivity index (χ1) is 16.4. The van der Waals surface area contributed by atoms with Crippen LogP contribution in [0.25, 0.3) is 0 Å². The van der Waals surface area contributed by atoms with Gasteiger partial charge in [-0.15, -0.1) is 0 Å². The highest BCUT2D eigenvalue weighted by atomic mass is 35.5. The molecule has 0 aromatic heterocycles. The lowest BCUT2D eigenvalue weighted by Gasteiger charge is -2.36. The average Bonchev–Trinajstić information content (AvgIpc) is 2.82. The van der Waals surface area contributed by atoms with Gasteiger partial charge in [0.1, 0.15) is 0 Å². The Hall–Kier alpha value is -3.51. The highest BCUT2D eigenvalue weighted by Gasteiger charge is 2.21. The van der Waals surface area contributed by atoms with E-state index in [1.807, 2.05) is 73.3 Å². The van der Waals surface area contributed by atoms with Crippen LogP contribution in [0.3, 0.4) is 0 Å². The number of hydrogen-bond acceptors (Lipinski definition) is 3. The molecule has 1 heterocycles. The van der Waals surface area contributed by atoms with Crippen LogP contribution in [0.1, 0.15) is 16.7 Å². The molecule has 0 bridgehead atoms. The van der Waals surface area contributed by atoms with Crippen molar-refractivity contribution in [3.63, 3.8) is 0 Å². The highest BCUT2D eigenvalue weighted by molar-refractivity contribution is 6.31. The van der Waals surface area contributed by atoms with Gasteiger partial charge >= 0.3 is 6.03 Å². The molecule has 0 atom stereocenters. The molecule has 176 valence electrons. The fourth-order valence-electron chi connectivity index (χ4n) is 4.04. The van der Waals surface area contributed by atoms with Gasteiger partial charge in [0.25, 0.3) is 0 Å². The maximum atomic E-state index is 12.7. The van der Waals surface area contributed by atoms with Gasteiger partial charge in [-0.05, 0) is 61.4 Å². The molecule has 34 heavy (non-hydrogen) atoms. The zero-order valence-corrected chi connectivity index (χ0v) is 20.2. The number of piperazine rings is 1. The predicted molar refractivity (Wildman–Crippen MR) is 139 cm³/mol. The van der Waals surface area contributed by atoms with E-state index < -0.39 is 0 Å². The number of hydrogen-bond donors (Lipinski definition) is 2. The van der Waals surface area contributed by atoms with Gasteiger partial charge in [-0.25, -0.2) is 4.79 Å². The summed E-state index contributed by atoms with van der Waals surface area (Å²) in [7, 11) is 0. The van der Waals surface area contributed by atoms with Crippen LogP contribution < -0.4 is 15.5 Å². The van der Waals surface area contributed by atoms with Crippen LogP contribution in [0.15, 0.2) is 66.7 Å². The molecule has 1 aliphatic heterocycles. The third kappa shape index (κ3) is 6.08. The van der Waals surface area contributed by atoms with Crippen LogP contribution in [-0.2, 0) is 11.2 Å². The zero-order valence-electron chi connectivity index (χ0n) is 19.5. The standard InChI is InChI=1S/C27H29ClN4O2/c1-19-4-3-5-21(16-19)17-26(33)32-14-12-31(13-15-32)24-10-8-22(9-11-24)29-27(34)30-23-7-6-20(2)25(28)18-23/h3-11,16,18H,12-15,17H2,1-2H3,(H2,29,30,34). The molecule has 0 unspecified atom stereocenters. The Bertz CT molecular complexity index is 1170. The van der Waals surface area contributed by atoms with Gasteiger partial charge in [-0.3, -0.25) is 4.79 Å². The van der Waals surface area contributed by atoms with Crippen molar-refractivity contribution in [2.45, 2.75) is 20.3 Å². The van der Waals surface area contributed by atoms with Gasteiger partial charge in [0.15, 0.2) is 0 Å². The fraction of sp³-hybridized carbons (Fsp3) is 0.259. The third-order valence-electron chi connectivity index (χ3n) is 5.99. The summed E-state index contributed by atoms with van der Waals surface area (Å²) in [4.78, 5) is 29.2. The van der Waals surface area contributed by atoms with Crippen molar-refractivity contribution in [1.29, 1.82) is 0 Å². The Morgan fingerprint density at radius 1 is 0.853 bits per heavy atom. The molecule has 3 aromatic rings. The monoisotopic (exact) mass is 476 g/mol. The van der Waals surface area contributed by atoms with E-state index in [1.165, 1.54) is 5.56 Å². The van der Waals surface area contributed by atoms with Gasteiger partial charge in [0, 0.05) is 48.3 Å². The van der Waals surface area contributed by atoms with Crippen LogP contribution in [0.4, 0.5) is 21.9 Å². The smallest absolute Gasteiger partial charge is 0.323 e. The minimum Gasteiger partial charge on any atom is -0.368 e. The van der Waals surface area contributed by atoms with E-state index in [0.29, 0.717) is 35.9 Å². The summed E-state index contributed by atoms with van der Waals surface area (Å²) < 4.78 is 0. The molecular weight excluding hydrogens is 448 g/mol. The zero-order chi connectivity index (χ0) is 24.1. The van der Waals surface area contributed by atoms with Crippen molar-refractivity contribution in [2.75, 3.05) is 41.7 Å². The minimum absolute atomic E-state index is 0.172. The summed E-state index contributed by atoms with van der Waals surface area (Å²) in [6.07, 6.45) is 0.443. The number of aryl methyl sites for hydroxylation is 2. The van der Waals surface area contributed by atoms with E-state index in [9.17, 15) is 9.59 Å². The van der Waals surface area contributed by atoms with Crippen molar-refractivity contribution in [2.24, 2.45) is 0 Å². The maximum absolute atomic E-state index is 12.7. The van der Waals surface area contributed by atoms with Crippen LogP contribution in [-0.4, -0.2) is 43.0 Å². The number of halogens is 1. The lowest BCUT2D eigenvalue weighted by atomic mass is 10.1. The number of nitrogens with zero attached hydrogens (tertiary/aromatic N) is 2.